The minimum Gasteiger partial charge on any atom is -1.00 e. The molecule has 2 aromatic carbocycles. The molecule has 0 amide bonds. The van der Waals surface area contributed by atoms with Gasteiger partial charge in [-0.3, -0.25) is 4.79 Å². The molecular weight excluding hydrogens is 369 g/mol. The van der Waals surface area contributed by atoms with Crippen LogP contribution in [-0.4, -0.2) is 25.0 Å². The molecule has 142 valence electrons. The third-order valence-corrected chi connectivity index (χ3v) is 4.77. The van der Waals surface area contributed by atoms with Gasteiger partial charge in [-0.1, -0.05) is 41.9 Å². The van der Waals surface area contributed by atoms with Gasteiger partial charge in [-0.2, -0.15) is 0 Å². The fourth-order valence-corrected chi connectivity index (χ4v) is 3.05. The molecule has 0 heterocycles. The lowest BCUT2D eigenvalue weighted by atomic mass is 10.0. The molecule has 0 saturated heterocycles. The molecule has 0 aliphatic heterocycles. The number of carbonyl (C=O) groups is 1. The fraction of sp³-hybridized carbons (Fsp3) is 0.381. The number of ketones is 1. The molecule has 2 aromatic rings. The van der Waals surface area contributed by atoms with Crippen LogP contribution in [0.15, 0.2) is 48.5 Å². The predicted molar refractivity (Wildman–Crippen MR) is 102 cm³/mol. The van der Waals surface area contributed by atoms with Crippen LogP contribution in [0.1, 0.15) is 47.9 Å². The molecule has 0 fully saturated rings. The lowest BCUT2D eigenvalue weighted by Gasteiger charge is -2.22. The van der Waals surface area contributed by atoms with Gasteiger partial charge in [-0.05, 0) is 50.1 Å². The van der Waals surface area contributed by atoms with Gasteiger partial charge >= 0.3 is 0 Å². The molecular formula is C21H27Cl2NO2. The molecule has 0 aliphatic carbocycles. The molecule has 3 nitrogen and oxygen atoms in total. The third kappa shape index (κ3) is 6.40. The topological polar surface area (TPSA) is 42.9 Å². The first-order chi connectivity index (χ1) is 12.0. The van der Waals surface area contributed by atoms with Gasteiger partial charge < -0.3 is 22.5 Å². The Morgan fingerprint density at radius 3 is 2.50 bits per heavy atom. The van der Waals surface area contributed by atoms with E-state index in [1.807, 2.05) is 38.1 Å². The molecule has 0 saturated carbocycles. The summed E-state index contributed by atoms with van der Waals surface area (Å²) >= 11 is 6.02. The summed E-state index contributed by atoms with van der Waals surface area (Å²) in [6.07, 6.45) is 0.526. The van der Waals surface area contributed by atoms with E-state index in [0.717, 1.165) is 17.7 Å². The summed E-state index contributed by atoms with van der Waals surface area (Å²) in [5, 5.41) is 2.88. The number of rotatable bonds is 9. The smallest absolute Gasteiger partial charge is 0.168 e. The molecule has 2 N–H and O–H groups in total. The average Bonchev–Trinajstić information content (AvgIpc) is 2.62. The lowest BCUT2D eigenvalue weighted by Crippen LogP contribution is -3.00. The van der Waals surface area contributed by atoms with E-state index >= 15 is 0 Å². The number of carbonyl (C=O) groups excluding carboxylic acids is 1. The van der Waals surface area contributed by atoms with Crippen molar-refractivity contribution in [3.63, 3.8) is 0 Å². The van der Waals surface area contributed by atoms with E-state index in [1.54, 1.807) is 12.1 Å². The van der Waals surface area contributed by atoms with Gasteiger partial charge in [0.2, 0.25) is 0 Å². The van der Waals surface area contributed by atoms with Gasteiger partial charge in [0.15, 0.2) is 5.78 Å². The summed E-state index contributed by atoms with van der Waals surface area (Å²) in [5.74, 6) is 0.149. The van der Waals surface area contributed by atoms with Gasteiger partial charge in [-0.15, -0.1) is 0 Å². The van der Waals surface area contributed by atoms with Crippen LogP contribution < -0.4 is 17.7 Å². The van der Waals surface area contributed by atoms with Gasteiger partial charge in [0.1, 0.15) is 12.1 Å². The Labute approximate surface area is 167 Å². The number of quaternary nitrogens is 1. The van der Waals surface area contributed by atoms with Crippen molar-refractivity contribution in [2.24, 2.45) is 0 Å². The Kier molecular flexibility index (Phi) is 9.89. The molecule has 2 atom stereocenters. The van der Waals surface area contributed by atoms with Crippen molar-refractivity contribution in [2.45, 2.75) is 39.3 Å². The maximum Gasteiger partial charge on any atom is 0.168 e. The van der Waals surface area contributed by atoms with Crippen LogP contribution >= 0.6 is 11.6 Å². The Balaban J connectivity index is 0.00000338. The maximum atomic E-state index is 12.4. The van der Waals surface area contributed by atoms with Crippen molar-refractivity contribution in [2.75, 3.05) is 13.2 Å². The molecule has 0 bridgehead atoms. The number of nitrogens with two attached hydrogens (primary N) is 1. The molecule has 0 aliphatic rings. The number of aryl methyl sites for hydroxylation is 1. The van der Waals surface area contributed by atoms with Crippen molar-refractivity contribution in [3.8, 4) is 0 Å². The van der Waals surface area contributed by atoms with E-state index in [0.29, 0.717) is 18.1 Å². The van der Waals surface area contributed by atoms with Crippen molar-refractivity contribution in [3.05, 3.63) is 70.2 Å². The first kappa shape index (κ1) is 22.7. The summed E-state index contributed by atoms with van der Waals surface area (Å²) < 4.78 is 5.93. The molecule has 0 radical (unpaired) electrons. The summed E-state index contributed by atoms with van der Waals surface area (Å²) in [6, 6.07) is 15.9. The fourth-order valence-electron chi connectivity index (χ4n) is 2.94. The third-order valence-electron chi connectivity index (χ3n) is 4.34. The number of halogens is 2. The first-order valence-corrected chi connectivity index (χ1v) is 9.20. The molecule has 0 spiro atoms. The molecule has 0 aromatic heterocycles. The van der Waals surface area contributed by atoms with Gasteiger partial charge in [-0.25, -0.2) is 0 Å². The monoisotopic (exact) mass is 395 g/mol. The average molecular weight is 396 g/mol. The highest BCUT2D eigenvalue weighted by Gasteiger charge is 2.22. The van der Waals surface area contributed by atoms with Crippen LogP contribution in [0.5, 0.6) is 0 Å². The van der Waals surface area contributed by atoms with Crippen molar-refractivity contribution in [1.29, 1.82) is 0 Å². The van der Waals surface area contributed by atoms with Crippen LogP contribution in [0, 0.1) is 6.92 Å². The van der Waals surface area contributed by atoms with Crippen molar-refractivity contribution >= 4 is 17.4 Å². The lowest BCUT2D eigenvalue weighted by molar-refractivity contribution is -0.693. The minimum absolute atomic E-state index is 0. The van der Waals surface area contributed by atoms with Crippen LogP contribution in [-0.2, 0) is 4.74 Å². The second-order valence-corrected chi connectivity index (χ2v) is 6.71. The van der Waals surface area contributed by atoms with Gasteiger partial charge in [0.25, 0.3) is 0 Å². The van der Waals surface area contributed by atoms with E-state index in [9.17, 15) is 4.79 Å². The number of hydrogen-bond donors (Lipinski definition) is 1. The predicted octanol–water partition coefficient (Wildman–Crippen LogP) is 0.955. The quantitative estimate of drug-likeness (QED) is 0.642. The highest BCUT2D eigenvalue weighted by Crippen LogP contribution is 2.19. The van der Waals surface area contributed by atoms with Crippen molar-refractivity contribution < 1.29 is 27.3 Å². The highest BCUT2D eigenvalue weighted by molar-refractivity contribution is 6.31. The van der Waals surface area contributed by atoms with E-state index in [2.05, 4.69) is 24.4 Å². The Morgan fingerprint density at radius 1 is 1.19 bits per heavy atom. The zero-order valence-corrected chi connectivity index (χ0v) is 17.1. The standard InChI is InChI=1S/C21H26ClNO2.ClH/c1-4-25-21(17-8-6-5-7-9-17)16(3)23-13-12-20(24)18-10-11-19(22)15(2)14-18;/h5-11,14,16,21,23H,4,12-13H2,1-3H3;1H. The SMILES string of the molecule is CCOC(c1ccccc1)C(C)[NH2+]CCC(=O)c1ccc(Cl)c(C)c1.[Cl-]. The summed E-state index contributed by atoms with van der Waals surface area (Å²) in [7, 11) is 0. The molecule has 5 heteroatoms. The van der Waals surface area contributed by atoms with Crippen LogP contribution in [0.25, 0.3) is 0 Å². The largest absolute Gasteiger partial charge is 1.00 e. The Bertz CT molecular complexity index is 692. The number of hydrogen-bond acceptors (Lipinski definition) is 2. The Hall–Kier alpha value is -1.39. The molecule has 2 unspecified atom stereocenters. The molecule has 26 heavy (non-hydrogen) atoms. The van der Waals surface area contributed by atoms with Crippen LogP contribution in [0.2, 0.25) is 5.02 Å². The number of ether oxygens (including phenoxy) is 1. The van der Waals surface area contributed by atoms with Gasteiger partial charge in [0, 0.05) is 17.2 Å². The molecule has 2 rings (SSSR count). The van der Waals surface area contributed by atoms with E-state index in [4.69, 9.17) is 16.3 Å². The summed E-state index contributed by atoms with van der Waals surface area (Å²) in [5.41, 5.74) is 2.84. The van der Waals surface area contributed by atoms with Crippen molar-refractivity contribution in [1.82, 2.24) is 0 Å². The normalized spacial score (nSPS) is 12.9. The second-order valence-electron chi connectivity index (χ2n) is 6.31. The van der Waals surface area contributed by atoms with E-state index < -0.39 is 0 Å². The highest BCUT2D eigenvalue weighted by atomic mass is 35.5. The second kappa shape index (κ2) is 11.3. The zero-order valence-electron chi connectivity index (χ0n) is 15.5. The van der Waals surface area contributed by atoms with Gasteiger partial charge in [0.05, 0.1) is 13.0 Å². The number of Topliss-reactive ketones (excluding diaryl/α,β-unsaturated/α-hetero) is 1. The number of benzene rings is 2. The van der Waals surface area contributed by atoms with E-state index in [-0.39, 0.29) is 30.3 Å². The van der Waals surface area contributed by atoms with E-state index in [1.165, 1.54) is 5.56 Å². The summed E-state index contributed by atoms with van der Waals surface area (Å²) in [6.45, 7) is 7.47. The van der Waals surface area contributed by atoms with Crippen LogP contribution in [0.3, 0.4) is 0 Å². The maximum absolute atomic E-state index is 12.4. The summed E-state index contributed by atoms with van der Waals surface area (Å²) in [4.78, 5) is 12.4. The first-order valence-electron chi connectivity index (χ1n) is 8.82. The Morgan fingerprint density at radius 2 is 1.88 bits per heavy atom. The minimum atomic E-state index is 0. The zero-order chi connectivity index (χ0) is 18.2. The van der Waals surface area contributed by atoms with Crippen LogP contribution in [0.4, 0.5) is 0 Å².